The van der Waals surface area contributed by atoms with Crippen molar-refractivity contribution in [1.29, 1.82) is 0 Å². The van der Waals surface area contributed by atoms with E-state index >= 15 is 0 Å². The highest BCUT2D eigenvalue weighted by Gasteiger charge is 2.38. The Morgan fingerprint density at radius 2 is 1.96 bits per heavy atom. The van der Waals surface area contributed by atoms with Gasteiger partial charge in [0.15, 0.2) is 10.7 Å². The second-order valence-electron chi connectivity index (χ2n) is 5.85. The molecule has 0 bridgehead atoms. The molecule has 0 aliphatic carbocycles. The fraction of sp³-hybridized carbons (Fsp3) is 0.200. The van der Waals surface area contributed by atoms with Gasteiger partial charge in [-0.3, -0.25) is 4.79 Å². The largest absolute Gasteiger partial charge is 0.301 e. The Morgan fingerprint density at radius 3 is 2.64 bits per heavy atom. The third kappa shape index (κ3) is 3.59. The lowest BCUT2D eigenvalue weighted by Gasteiger charge is -2.33. The number of terminal acetylenes is 1. The lowest BCUT2D eigenvalue weighted by molar-refractivity contribution is 0.0977. The summed E-state index contributed by atoms with van der Waals surface area (Å²) in [6.45, 7) is 1.99. The summed E-state index contributed by atoms with van der Waals surface area (Å²) in [5.41, 5.74) is -0.229. The smallest absolute Gasteiger partial charge is 0.257 e. The van der Waals surface area contributed by atoms with Crippen LogP contribution in [0.4, 0.5) is 4.39 Å². The van der Waals surface area contributed by atoms with Gasteiger partial charge >= 0.3 is 0 Å². The van der Waals surface area contributed by atoms with Crippen molar-refractivity contribution in [2.75, 3.05) is 0 Å². The summed E-state index contributed by atoms with van der Waals surface area (Å²) in [7, 11) is 0. The number of hydrogen-bond donors (Lipinski definition) is 1. The van der Waals surface area contributed by atoms with E-state index in [0.717, 1.165) is 0 Å². The molecule has 0 spiro atoms. The van der Waals surface area contributed by atoms with Crippen molar-refractivity contribution in [3.63, 3.8) is 0 Å². The first-order valence-electron chi connectivity index (χ1n) is 7.90. The van der Waals surface area contributed by atoms with Crippen LogP contribution in [0.2, 0.25) is 0 Å². The van der Waals surface area contributed by atoms with Gasteiger partial charge in [0.25, 0.3) is 5.91 Å². The first kappa shape index (κ1) is 17.2. The predicted octanol–water partition coefficient (Wildman–Crippen LogP) is 3.97. The predicted molar refractivity (Wildman–Crippen MR) is 99.9 cm³/mol. The Balaban J connectivity index is 1.96. The Bertz CT molecular complexity index is 859. The van der Waals surface area contributed by atoms with Crippen LogP contribution in [0.15, 0.2) is 59.6 Å². The van der Waals surface area contributed by atoms with E-state index in [1.165, 1.54) is 17.8 Å². The average Bonchev–Trinajstić information content (AvgIpc) is 2.62. The molecule has 0 radical (unpaired) electrons. The van der Waals surface area contributed by atoms with Gasteiger partial charge in [0.05, 0.1) is 0 Å². The number of nitrogens with zero attached hydrogens (tertiary/aromatic N) is 1. The summed E-state index contributed by atoms with van der Waals surface area (Å²) < 4.78 is 14.3. The maximum absolute atomic E-state index is 14.3. The highest BCUT2D eigenvalue weighted by atomic mass is 32.2. The molecule has 0 fully saturated rings. The van der Waals surface area contributed by atoms with E-state index in [0.29, 0.717) is 22.7 Å². The molecule has 1 N–H and O–H groups in total. The number of hydrogen-bond acceptors (Lipinski definition) is 3. The SMILES string of the molecule is C#C[C@@]1(c2ccccc2F)C[C@@H](C)SC(NC(=O)c2ccccc2)=N1. The van der Waals surface area contributed by atoms with Crippen LogP contribution in [0.5, 0.6) is 0 Å². The van der Waals surface area contributed by atoms with E-state index < -0.39 is 11.4 Å². The fourth-order valence-electron chi connectivity index (χ4n) is 2.85. The molecule has 0 aromatic heterocycles. The highest BCUT2D eigenvalue weighted by molar-refractivity contribution is 8.14. The molecule has 3 rings (SSSR count). The number of amidine groups is 1. The lowest BCUT2D eigenvalue weighted by Crippen LogP contribution is -2.38. The molecule has 0 unspecified atom stereocenters. The van der Waals surface area contributed by atoms with Crippen LogP contribution in [-0.2, 0) is 5.54 Å². The van der Waals surface area contributed by atoms with Gasteiger partial charge in [0.2, 0.25) is 0 Å². The fourth-order valence-corrected chi connectivity index (χ4v) is 3.91. The molecule has 2 atom stereocenters. The van der Waals surface area contributed by atoms with E-state index in [2.05, 4.69) is 16.2 Å². The molecular weight excluding hydrogens is 335 g/mol. The molecule has 2 aromatic rings. The molecule has 1 aliphatic heterocycles. The van der Waals surface area contributed by atoms with Gasteiger partial charge in [-0.2, -0.15) is 0 Å². The molecule has 0 saturated heterocycles. The first-order chi connectivity index (χ1) is 12.0. The molecular formula is C20H17FN2OS. The quantitative estimate of drug-likeness (QED) is 0.831. The van der Waals surface area contributed by atoms with Crippen molar-refractivity contribution in [2.45, 2.75) is 24.1 Å². The van der Waals surface area contributed by atoms with Crippen LogP contribution < -0.4 is 5.32 Å². The number of benzene rings is 2. The topological polar surface area (TPSA) is 41.5 Å². The molecule has 2 aromatic carbocycles. The van der Waals surface area contributed by atoms with Gasteiger partial charge in [-0.15, -0.1) is 6.42 Å². The number of thioether (sulfide) groups is 1. The third-order valence-corrected chi connectivity index (χ3v) is 4.99. The van der Waals surface area contributed by atoms with Crippen molar-refractivity contribution in [3.05, 3.63) is 71.5 Å². The minimum absolute atomic E-state index is 0.0826. The molecule has 25 heavy (non-hydrogen) atoms. The number of rotatable bonds is 2. The standard InChI is InChI=1S/C20H17FN2OS/c1-3-20(16-11-7-8-12-17(16)21)13-14(2)25-19(23-20)22-18(24)15-9-5-4-6-10-15/h1,4-12,14H,13H2,2H3,(H,22,23,24)/t14-,20+/m1/s1. The van der Waals surface area contributed by atoms with Crippen molar-refractivity contribution in [1.82, 2.24) is 5.32 Å². The van der Waals surface area contributed by atoms with E-state index in [-0.39, 0.29) is 11.2 Å². The number of amides is 1. The van der Waals surface area contributed by atoms with Crippen LogP contribution in [0.25, 0.3) is 0 Å². The molecule has 1 heterocycles. The Morgan fingerprint density at radius 1 is 1.28 bits per heavy atom. The number of halogens is 1. The zero-order valence-corrected chi connectivity index (χ0v) is 14.5. The van der Waals surface area contributed by atoms with Crippen molar-refractivity contribution in [2.24, 2.45) is 4.99 Å². The summed E-state index contributed by atoms with van der Waals surface area (Å²) in [6.07, 6.45) is 6.26. The van der Waals surface area contributed by atoms with Crippen LogP contribution in [0, 0.1) is 18.2 Å². The average molecular weight is 352 g/mol. The van der Waals surface area contributed by atoms with Gasteiger partial charge in [-0.1, -0.05) is 61.0 Å². The second-order valence-corrected chi connectivity index (χ2v) is 7.28. The first-order valence-corrected chi connectivity index (χ1v) is 8.78. The maximum Gasteiger partial charge on any atom is 0.257 e. The van der Waals surface area contributed by atoms with Crippen LogP contribution in [0.3, 0.4) is 0 Å². The molecule has 5 heteroatoms. The summed E-state index contributed by atoms with van der Waals surface area (Å²) in [6, 6.07) is 15.2. The Kier molecular flexibility index (Phi) is 4.91. The summed E-state index contributed by atoms with van der Waals surface area (Å²) in [5.74, 6) is 2.00. The van der Waals surface area contributed by atoms with Crippen molar-refractivity contribution >= 4 is 22.8 Å². The van der Waals surface area contributed by atoms with Gasteiger partial charge in [-0.25, -0.2) is 9.38 Å². The van der Waals surface area contributed by atoms with E-state index in [4.69, 9.17) is 6.42 Å². The number of carbonyl (C=O) groups is 1. The van der Waals surface area contributed by atoms with E-state index in [1.54, 1.807) is 42.5 Å². The third-order valence-electron chi connectivity index (χ3n) is 4.00. The minimum Gasteiger partial charge on any atom is -0.301 e. The summed E-state index contributed by atoms with van der Waals surface area (Å²) >= 11 is 1.43. The van der Waals surface area contributed by atoms with Crippen LogP contribution >= 0.6 is 11.8 Å². The van der Waals surface area contributed by atoms with Gasteiger partial charge in [0.1, 0.15) is 5.82 Å². The van der Waals surface area contributed by atoms with Gasteiger partial charge in [-0.05, 0) is 18.2 Å². The molecule has 1 aliphatic rings. The summed E-state index contributed by atoms with van der Waals surface area (Å²) in [5, 5.41) is 3.29. The molecule has 3 nitrogen and oxygen atoms in total. The van der Waals surface area contributed by atoms with Crippen molar-refractivity contribution < 1.29 is 9.18 Å². The van der Waals surface area contributed by atoms with Gasteiger partial charge in [0, 0.05) is 22.8 Å². The number of carbonyl (C=O) groups excluding carboxylic acids is 1. The van der Waals surface area contributed by atoms with E-state index in [9.17, 15) is 9.18 Å². The molecule has 126 valence electrons. The monoisotopic (exact) mass is 352 g/mol. The van der Waals surface area contributed by atoms with Gasteiger partial charge < -0.3 is 5.32 Å². The maximum atomic E-state index is 14.3. The Hall–Kier alpha value is -2.58. The Labute approximate surface area is 150 Å². The van der Waals surface area contributed by atoms with E-state index in [1.807, 2.05) is 13.0 Å². The minimum atomic E-state index is -1.12. The number of aliphatic imine (C=N–C) groups is 1. The normalized spacial score (nSPS) is 22.6. The van der Waals surface area contributed by atoms with Crippen molar-refractivity contribution in [3.8, 4) is 12.3 Å². The molecule has 1 amide bonds. The zero-order valence-electron chi connectivity index (χ0n) is 13.7. The highest BCUT2D eigenvalue weighted by Crippen LogP contribution is 2.40. The summed E-state index contributed by atoms with van der Waals surface area (Å²) in [4.78, 5) is 16.9. The number of nitrogens with one attached hydrogen (secondary N) is 1. The lowest BCUT2D eigenvalue weighted by atomic mass is 9.86. The van der Waals surface area contributed by atoms with Crippen LogP contribution in [-0.4, -0.2) is 16.3 Å². The zero-order chi connectivity index (χ0) is 17.9. The second kappa shape index (κ2) is 7.12. The van der Waals surface area contributed by atoms with Crippen LogP contribution in [0.1, 0.15) is 29.3 Å². The molecule has 0 saturated carbocycles.